The van der Waals surface area contributed by atoms with Crippen LogP contribution in [0.2, 0.25) is 5.02 Å². The van der Waals surface area contributed by atoms with Crippen molar-refractivity contribution < 1.29 is 9.59 Å². The van der Waals surface area contributed by atoms with Gasteiger partial charge in [0.15, 0.2) is 0 Å². The molecule has 0 spiro atoms. The van der Waals surface area contributed by atoms with E-state index in [0.717, 1.165) is 10.5 Å². The monoisotopic (exact) mass is 448 g/mol. The number of carbonyl (C=O) groups excluding carboxylic acids is 2. The molecule has 2 amide bonds. The lowest BCUT2D eigenvalue weighted by molar-refractivity contribution is -0.120. The van der Waals surface area contributed by atoms with Crippen LogP contribution in [0.25, 0.3) is 0 Å². The maximum Gasteiger partial charge on any atom is 0.283 e. The molecule has 0 saturated heterocycles. The molecule has 0 aromatic heterocycles. The average Bonchev–Trinajstić information content (AvgIpc) is 2.98. The van der Waals surface area contributed by atoms with Crippen LogP contribution in [0.1, 0.15) is 25.3 Å². The molecule has 1 heterocycles. The van der Waals surface area contributed by atoms with E-state index in [0.29, 0.717) is 27.2 Å². The van der Waals surface area contributed by atoms with Crippen LogP contribution in [-0.4, -0.2) is 11.8 Å². The maximum absolute atomic E-state index is 13.4. The number of nitrogens with one attached hydrogen (secondary N) is 1. The van der Waals surface area contributed by atoms with E-state index >= 15 is 0 Å². The number of carbonyl (C=O) groups is 2. The molecule has 4 nitrogen and oxygen atoms in total. The fourth-order valence-electron chi connectivity index (χ4n) is 3.27. The molecule has 0 fully saturated rings. The van der Waals surface area contributed by atoms with Crippen molar-refractivity contribution in [2.24, 2.45) is 0 Å². The zero-order valence-electron chi connectivity index (χ0n) is 17.1. The second kappa shape index (κ2) is 9.00. The Bertz CT molecular complexity index is 1160. The van der Waals surface area contributed by atoms with Crippen molar-refractivity contribution in [3.8, 4) is 0 Å². The van der Waals surface area contributed by atoms with Crippen molar-refractivity contribution in [3.05, 3.63) is 100 Å². The number of hydrogen-bond donors (Lipinski definition) is 1. The third kappa shape index (κ3) is 4.53. The Hall–Kier alpha value is -3.02. The van der Waals surface area contributed by atoms with E-state index in [-0.39, 0.29) is 17.5 Å². The molecular weight excluding hydrogens is 428 g/mol. The van der Waals surface area contributed by atoms with Gasteiger partial charge in [-0.1, -0.05) is 73.6 Å². The fraction of sp³-hybridized carbons (Fsp3) is 0.120. The zero-order valence-corrected chi connectivity index (χ0v) is 18.7. The van der Waals surface area contributed by atoms with Gasteiger partial charge in [-0.15, -0.1) is 0 Å². The van der Waals surface area contributed by atoms with Crippen molar-refractivity contribution in [1.29, 1.82) is 0 Å². The number of nitrogens with zero attached hydrogens (tertiary/aromatic N) is 1. The Labute approximate surface area is 190 Å². The first-order valence-electron chi connectivity index (χ1n) is 9.92. The van der Waals surface area contributed by atoms with Gasteiger partial charge in [0.1, 0.15) is 10.6 Å². The zero-order chi connectivity index (χ0) is 22.0. The molecule has 0 aliphatic carbocycles. The number of hydrogen-bond acceptors (Lipinski definition) is 4. The SMILES string of the molecule is CC(C)c1ccc(N2C(=O)C(Nc3cccc(Cl)c3)=C(Sc3ccccc3)C2=O)cc1. The minimum atomic E-state index is -0.388. The number of anilines is 2. The lowest BCUT2D eigenvalue weighted by atomic mass is 10.0. The predicted octanol–water partition coefficient (Wildman–Crippen LogP) is 6.45. The molecule has 156 valence electrons. The van der Waals surface area contributed by atoms with Crippen molar-refractivity contribution in [3.63, 3.8) is 0 Å². The van der Waals surface area contributed by atoms with Gasteiger partial charge in [-0.2, -0.15) is 0 Å². The topological polar surface area (TPSA) is 49.4 Å². The van der Waals surface area contributed by atoms with E-state index in [4.69, 9.17) is 11.6 Å². The highest BCUT2D eigenvalue weighted by Crippen LogP contribution is 2.38. The van der Waals surface area contributed by atoms with Crippen LogP contribution in [0, 0.1) is 0 Å². The molecule has 1 aliphatic heterocycles. The summed E-state index contributed by atoms with van der Waals surface area (Å²) < 4.78 is 0. The van der Waals surface area contributed by atoms with Crippen LogP contribution in [0.5, 0.6) is 0 Å². The largest absolute Gasteiger partial charge is 0.350 e. The summed E-state index contributed by atoms with van der Waals surface area (Å²) in [7, 11) is 0. The van der Waals surface area contributed by atoms with Crippen LogP contribution >= 0.6 is 23.4 Å². The molecule has 0 unspecified atom stereocenters. The van der Waals surface area contributed by atoms with Gasteiger partial charge in [0, 0.05) is 15.6 Å². The van der Waals surface area contributed by atoms with Gasteiger partial charge in [-0.3, -0.25) is 9.59 Å². The molecule has 31 heavy (non-hydrogen) atoms. The number of rotatable bonds is 6. The standard InChI is InChI=1S/C25H21ClN2O2S/c1-16(2)17-11-13-20(14-12-17)28-24(29)22(27-19-8-6-7-18(26)15-19)23(25(28)30)31-21-9-4-3-5-10-21/h3-16,27H,1-2H3. The van der Waals surface area contributed by atoms with Gasteiger partial charge < -0.3 is 5.32 Å². The van der Waals surface area contributed by atoms with Crippen LogP contribution in [-0.2, 0) is 9.59 Å². The number of imide groups is 1. The summed E-state index contributed by atoms with van der Waals surface area (Å²) in [6.45, 7) is 4.20. The van der Waals surface area contributed by atoms with E-state index in [2.05, 4.69) is 19.2 Å². The molecule has 0 radical (unpaired) electrons. The van der Waals surface area contributed by atoms with E-state index in [1.54, 1.807) is 18.2 Å². The van der Waals surface area contributed by atoms with Crippen LogP contribution in [0.4, 0.5) is 11.4 Å². The predicted molar refractivity (Wildman–Crippen MR) is 127 cm³/mol. The summed E-state index contributed by atoms with van der Waals surface area (Å²) in [6, 6.07) is 24.1. The molecular formula is C25H21ClN2O2S. The van der Waals surface area contributed by atoms with Crippen LogP contribution in [0.3, 0.4) is 0 Å². The number of thioether (sulfide) groups is 1. The van der Waals surface area contributed by atoms with Gasteiger partial charge in [0.2, 0.25) is 0 Å². The summed E-state index contributed by atoms with van der Waals surface area (Å²) in [4.78, 5) is 29.2. The first-order valence-corrected chi connectivity index (χ1v) is 11.1. The first-order chi connectivity index (χ1) is 14.9. The lowest BCUT2D eigenvalue weighted by Gasteiger charge is -2.16. The minimum absolute atomic E-state index is 0.244. The molecule has 1 N–H and O–H groups in total. The third-order valence-electron chi connectivity index (χ3n) is 4.92. The van der Waals surface area contributed by atoms with Gasteiger partial charge in [0.05, 0.1) is 5.69 Å². The molecule has 3 aromatic carbocycles. The van der Waals surface area contributed by atoms with Gasteiger partial charge in [0.25, 0.3) is 11.8 Å². The minimum Gasteiger partial charge on any atom is -0.350 e. The first kappa shape index (κ1) is 21.2. The third-order valence-corrected chi connectivity index (χ3v) is 6.24. The van der Waals surface area contributed by atoms with Gasteiger partial charge in [-0.05, 0) is 53.9 Å². The Kier molecular flexibility index (Phi) is 6.16. The number of amides is 2. The summed E-state index contributed by atoms with van der Waals surface area (Å²) in [5, 5.41) is 3.67. The molecule has 4 rings (SSSR count). The van der Waals surface area contributed by atoms with Crippen molar-refractivity contribution in [2.45, 2.75) is 24.7 Å². The summed E-state index contributed by atoms with van der Waals surface area (Å²) in [5.41, 5.74) is 2.58. The lowest BCUT2D eigenvalue weighted by Crippen LogP contribution is -2.32. The Morgan fingerprint density at radius 3 is 2.23 bits per heavy atom. The molecule has 1 aliphatic rings. The highest BCUT2D eigenvalue weighted by molar-refractivity contribution is 8.04. The molecule has 6 heteroatoms. The number of halogens is 1. The second-order valence-corrected chi connectivity index (χ2v) is 8.97. The summed E-state index contributed by atoms with van der Waals surface area (Å²) in [6.07, 6.45) is 0. The molecule has 0 saturated carbocycles. The van der Waals surface area contributed by atoms with E-state index in [1.165, 1.54) is 16.7 Å². The summed E-state index contributed by atoms with van der Waals surface area (Å²) in [5.74, 6) is -0.372. The Morgan fingerprint density at radius 1 is 0.871 bits per heavy atom. The molecule has 0 bridgehead atoms. The van der Waals surface area contributed by atoms with Crippen LogP contribution < -0.4 is 10.2 Å². The maximum atomic E-state index is 13.4. The van der Waals surface area contributed by atoms with Crippen molar-refractivity contribution >= 4 is 46.6 Å². The average molecular weight is 449 g/mol. The Morgan fingerprint density at radius 2 is 1.58 bits per heavy atom. The summed E-state index contributed by atoms with van der Waals surface area (Å²) >= 11 is 7.38. The van der Waals surface area contributed by atoms with E-state index in [1.807, 2.05) is 60.7 Å². The van der Waals surface area contributed by atoms with Gasteiger partial charge >= 0.3 is 0 Å². The fourth-order valence-corrected chi connectivity index (χ4v) is 4.41. The van der Waals surface area contributed by atoms with Gasteiger partial charge in [-0.25, -0.2) is 4.90 Å². The Balaban J connectivity index is 1.72. The van der Waals surface area contributed by atoms with Crippen molar-refractivity contribution in [1.82, 2.24) is 0 Å². The second-order valence-electron chi connectivity index (χ2n) is 7.45. The van der Waals surface area contributed by atoms with E-state index < -0.39 is 0 Å². The van der Waals surface area contributed by atoms with Crippen LogP contribution in [0.15, 0.2) is 94.4 Å². The van der Waals surface area contributed by atoms with E-state index in [9.17, 15) is 9.59 Å². The molecule has 0 atom stereocenters. The van der Waals surface area contributed by atoms with Crippen molar-refractivity contribution in [2.75, 3.05) is 10.2 Å². The normalized spacial score (nSPS) is 14.0. The smallest absolute Gasteiger partial charge is 0.283 e. The quantitative estimate of drug-likeness (QED) is 0.440. The highest BCUT2D eigenvalue weighted by atomic mass is 35.5. The number of benzene rings is 3. The highest BCUT2D eigenvalue weighted by Gasteiger charge is 2.40. The molecule has 3 aromatic rings.